The number of carbonyl (C=O) groups excluding carboxylic acids is 1. The number of nitrogens with zero attached hydrogens (tertiary/aromatic N) is 1. The summed E-state index contributed by atoms with van der Waals surface area (Å²) in [5.41, 5.74) is 2.54. The van der Waals surface area contributed by atoms with Crippen LogP contribution in [-0.2, 0) is 11.2 Å². The van der Waals surface area contributed by atoms with E-state index in [4.69, 9.17) is 5.11 Å². The summed E-state index contributed by atoms with van der Waals surface area (Å²) >= 11 is 0. The summed E-state index contributed by atoms with van der Waals surface area (Å²) in [5.74, 6) is 0.405. The predicted octanol–water partition coefficient (Wildman–Crippen LogP) is 2.73. The Balaban J connectivity index is 1.94. The summed E-state index contributed by atoms with van der Waals surface area (Å²) in [7, 11) is 0. The Hall–Kier alpha value is -1.35. The molecule has 0 aliphatic heterocycles. The van der Waals surface area contributed by atoms with Crippen LogP contribution < -0.4 is 0 Å². The van der Waals surface area contributed by atoms with E-state index >= 15 is 0 Å². The first-order valence-electron chi connectivity index (χ1n) is 7.64. The lowest BCUT2D eigenvalue weighted by molar-refractivity contribution is -0.132. The second kappa shape index (κ2) is 6.89. The monoisotopic (exact) mass is 275 g/mol. The summed E-state index contributed by atoms with van der Waals surface area (Å²) in [6.07, 6.45) is 3.75. The van der Waals surface area contributed by atoms with Gasteiger partial charge in [-0.15, -0.1) is 0 Å². The highest BCUT2D eigenvalue weighted by Gasteiger charge is 2.32. The second-order valence-electron chi connectivity index (χ2n) is 5.74. The molecule has 0 spiro atoms. The van der Waals surface area contributed by atoms with Crippen molar-refractivity contribution in [1.29, 1.82) is 0 Å². The Morgan fingerprint density at radius 3 is 2.50 bits per heavy atom. The van der Waals surface area contributed by atoms with Gasteiger partial charge >= 0.3 is 0 Å². The molecule has 1 atom stereocenters. The molecular weight excluding hydrogens is 250 g/mol. The average Bonchev–Trinajstić information content (AvgIpc) is 3.29. The molecule has 1 aliphatic carbocycles. The van der Waals surface area contributed by atoms with E-state index < -0.39 is 0 Å². The summed E-state index contributed by atoms with van der Waals surface area (Å²) in [5, 5.41) is 9.08. The van der Waals surface area contributed by atoms with Gasteiger partial charge in [-0.2, -0.15) is 0 Å². The molecule has 1 aliphatic rings. The van der Waals surface area contributed by atoms with Crippen molar-refractivity contribution in [1.82, 2.24) is 4.90 Å². The lowest BCUT2D eigenvalue weighted by Gasteiger charge is -2.23. The Morgan fingerprint density at radius 1 is 1.35 bits per heavy atom. The Kier molecular flexibility index (Phi) is 5.18. The molecule has 3 heteroatoms. The number of carbonyl (C=O) groups is 1. The van der Waals surface area contributed by atoms with Crippen LogP contribution in [0.15, 0.2) is 24.3 Å². The molecule has 1 unspecified atom stereocenters. The summed E-state index contributed by atoms with van der Waals surface area (Å²) < 4.78 is 0. The molecule has 1 saturated carbocycles. The van der Waals surface area contributed by atoms with Crippen LogP contribution in [0.3, 0.4) is 0 Å². The van der Waals surface area contributed by atoms with Gasteiger partial charge in [0.2, 0.25) is 5.91 Å². The number of hydrogen-bond acceptors (Lipinski definition) is 2. The number of benzene rings is 1. The van der Waals surface area contributed by atoms with E-state index in [9.17, 15) is 4.79 Å². The van der Waals surface area contributed by atoms with E-state index in [0.29, 0.717) is 19.0 Å². The fraction of sp³-hybridized carbons (Fsp3) is 0.588. The Labute approximate surface area is 121 Å². The van der Waals surface area contributed by atoms with Crippen molar-refractivity contribution in [2.24, 2.45) is 0 Å². The van der Waals surface area contributed by atoms with Crippen LogP contribution in [0.4, 0.5) is 0 Å². The maximum atomic E-state index is 12.3. The molecule has 1 aromatic carbocycles. The maximum Gasteiger partial charge on any atom is 0.223 e. The van der Waals surface area contributed by atoms with Gasteiger partial charge in [-0.1, -0.05) is 38.1 Å². The van der Waals surface area contributed by atoms with Gasteiger partial charge in [0, 0.05) is 19.0 Å². The van der Waals surface area contributed by atoms with Crippen LogP contribution in [0.5, 0.6) is 0 Å². The van der Waals surface area contributed by atoms with Gasteiger partial charge in [-0.3, -0.25) is 4.79 Å². The molecule has 20 heavy (non-hydrogen) atoms. The molecular formula is C17H25NO2. The molecule has 2 rings (SSSR count). The molecule has 0 heterocycles. The second-order valence-corrected chi connectivity index (χ2v) is 5.74. The van der Waals surface area contributed by atoms with E-state index in [2.05, 4.69) is 38.1 Å². The fourth-order valence-electron chi connectivity index (χ4n) is 2.58. The van der Waals surface area contributed by atoms with E-state index in [1.54, 1.807) is 0 Å². The molecule has 0 aromatic heterocycles. The third-order valence-electron chi connectivity index (χ3n) is 4.09. The third-order valence-corrected chi connectivity index (χ3v) is 4.09. The molecule has 1 amide bonds. The minimum Gasteiger partial charge on any atom is -0.395 e. The smallest absolute Gasteiger partial charge is 0.223 e. The van der Waals surface area contributed by atoms with E-state index in [1.807, 2.05) is 4.90 Å². The quantitative estimate of drug-likeness (QED) is 0.831. The summed E-state index contributed by atoms with van der Waals surface area (Å²) in [4.78, 5) is 14.2. The predicted molar refractivity (Wildman–Crippen MR) is 80.7 cm³/mol. The molecule has 0 saturated heterocycles. The zero-order valence-corrected chi connectivity index (χ0v) is 12.5. The number of aliphatic hydroxyl groups excluding tert-OH is 1. The summed E-state index contributed by atoms with van der Waals surface area (Å²) in [6.45, 7) is 4.78. The van der Waals surface area contributed by atoms with Gasteiger partial charge in [-0.25, -0.2) is 0 Å². The normalized spacial score (nSPS) is 15.9. The lowest BCUT2D eigenvalue weighted by Crippen LogP contribution is -2.36. The van der Waals surface area contributed by atoms with E-state index in [0.717, 1.165) is 19.3 Å². The third kappa shape index (κ3) is 3.83. The fourth-order valence-corrected chi connectivity index (χ4v) is 2.58. The lowest BCUT2D eigenvalue weighted by atomic mass is 9.95. The van der Waals surface area contributed by atoms with Gasteiger partial charge < -0.3 is 10.0 Å². The van der Waals surface area contributed by atoms with Crippen molar-refractivity contribution in [2.75, 3.05) is 13.2 Å². The summed E-state index contributed by atoms with van der Waals surface area (Å²) in [6, 6.07) is 8.92. The van der Waals surface area contributed by atoms with Crippen LogP contribution in [0, 0.1) is 0 Å². The van der Waals surface area contributed by atoms with Gasteiger partial charge in [0.25, 0.3) is 0 Å². The van der Waals surface area contributed by atoms with Gasteiger partial charge in [-0.05, 0) is 36.3 Å². The Bertz CT molecular complexity index is 437. The number of rotatable bonds is 7. The molecule has 1 N–H and O–H groups in total. The van der Waals surface area contributed by atoms with Crippen molar-refractivity contribution in [3.8, 4) is 0 Å². The zero-order chi connectivity index (χ0) is 14.5. The SMILES string of the molecule is CCc1ccc(C(C)CC(=O)N(CCO)C2CC2)cc1. The minimum absolute atomic E-state index is 0.0574. The first-order chi connectivity index (χ1) is 9.65. The number of amides is 1. The van der Waals surface area contributed by atoms with E-state index in [1.165, 1.54) is 11.1 Å². The molecule has 0 bridgehead atoms. The molecule has 1 fully saturated rings. The topological polar surface area (TPSA) is 40.5 Å². The van der Waals surface area contributed by atoms with Crippen molar-refractivity contribution >= 4 is 5.91 Å². The molecule has 1 aromatic rings. The van der Waals surface area contributed by atoms with E-state index in [-0.39, 0.29) is 18.4 Å². The highest BCUT2D eigenvalue weighted by atomic mass is 16.3. The minimum atomic E-state index is 0.0574. The zero-order valence-electron chi connectivity index (χ0n) is 12.5. The van der Waals surface area contributed by atoms with Crippen LogP contribution in [0.25, 0.3) is 0 Å². The molecule has 3 nitrogen and oxygen atoms in total. The van der Waals surface area contributed by atoms with Crippen LogP contribution in [0.1, 0.15) is 50.2 Å². The van der Waals surface area contributed by atoms with Crippen molar-refractivity contribution in [3.05, 3.63) is 35.4 Å². The van der Waals surface area contributed by atoms with Crippen LogP contribution in [0.2, 0.25) is 0 Å². The van der Waals surface area contributed by atoms with Crippen LogP contribution in [-0.4, -0.2) is 35.1 Å². The maximum absolute atomic E-state index is 12.3. The van der Waals surface area contributed by atoms with Crippen molar-refractivity contribution in [2.45, 2.75) is 51.5 Å². The highest BCUT2D eigenvalue weighted by Crippen LogP contribution is 2.29. The van der Waals surface area contributed by atoms with Crippen LogP contribution >= 0.6 is 0 Å². The number of hydrogen-bond donors (Lipinski definition) is 1. The number of aryl methyl sites for hydroxylation is 1. The van der Waals surface area contributed by atoms with Crippen molar-refractivity contribution < 1.29 is 9.90 Å². The van der Waals surface area contributed by atoms with Gasteiger partial charge in [0.15, 0.2) is 0 Å². The molecule has 110 valence electrons. The standard InChI is InChI=1S/C17H25NO2/c1-3-14-4-6-15(7-5-14)13(2)12-17(20)18(10-11-19)16-8-9-16/h4-7,13,16,19H,3,8-12H2,1-2H3. The van der Waals surface area contributed by atoms with Gasteiger partial charge in [0.1, 0.15) is 0 Å². The highest BCUT2D eigenvalue weighted by molar-refractivity contribution is 5.77. The van der Waals surface area contributed by atoms with Crippen molar-refractivity contribution in [3.63, 3.8) is 0 Å². The first kappa shape index (κ1) is 15.0. The molecule has 0 radical (unpaired) electrons. The van der Waals surface area contributed by atoms with Gasteiger partial charge in [0.05, 0.1) is 6.61 Å². The number of aliphatic hydroxyl groups is 1. The largest absolute Gasteiger partial charge is 0.395 e. The first-order valence-corrected chi connectivity index (χ1v) is 7.64. The Morgan fingerprint density at radius 2 is 2.00 bits per heavy atom. The average molecular weight is 275 g/mol.